The molecule has 10 nitrogen and oxygen atoms in total. The number of carbonyl (C=O) groups excluding carboxylic acids is 1. The molecule has 2 heterocycles. The van der Waals surface area contributed by atoms with E-state index in [0.29, 0.717) is 62.2 Å². The number of hydrogen-bond donors (Lipinski definition) is 3. The second-order valence-electron chi connectivity index (χ2n) is 8.70. The normalized spacial score (nSPS) is 23.6. The topological polar surface area (TPSA) is 138 Å². The highest BCUT2D eigenvalue weighted by atomic mass is 32.2. The van der Waals surface area contributed by atoms with Crippen molar-refractivity contribution in [2.45, 2.75) is 49.6 Å². The number of benzene rings is 1. The number of sulfonamides is 1. The number of aliphatic carboxylic acids is 1. The zero-order chi connectivity index (χ0) is 24.3. The molecule has 11 heteroatoms. The Hall–Kier alpha value is -2.76. The summed E-state index contributed by atoms with van der Waals surface area (Å²) in [5.74, 6) is -0.956. The SMILES string of the molecule is CCOc1ccc2cc(S(=O)(=O)NC3CCC(C(=O)N4CCNCC4C(=O)O)CC3)ccc2n1. The van der Waals surface area contributed by atoms with Crippen LogP contribution in [0.1, 0.15) is 32.6 Å². The lowest BCUT2D eigenvalue weighted by molar-refractivity contribution is -0.153. The maximum Gasteiger partial charge on any atom is 0.327 e. The molecule has 34 heavy (non-hydrogen) atoms. The van der Waals surface area contributed by atoms with Crippen molar-refractivity contribution in [2.75, 3.05) is 26.2 Å². The summed E-state index contributed by atoms with van der Waals surface area (Å²) in [6.45, 7) is 3.54. The van der Waals surface area contributed by atoms with Gasteiger partial charge in [0.2, 0.25) is 21.8 Å². The van der Waals surface area contributed by atoms with Gasteiger partial charge in [0.05, 0.1) is 17.0 Å². The molecule has 1 aliphatic carbocycles. The monoisotopic (exact) mass is 490 g/mol. The first kappa shape index (κ1) is 24.4. The summed E-state index contributed by atoms with van der Waals surface area (Å²) in [5, 5.41) is 13.1. The van der Waals surface area contributed by atoms with Crippen molar-refractivity contribution < 1.29 is 27.9 Å². The van der Waals surface area contributed by atoms with Crippen LogP contribution in [-0.2, 0) is 19.6 Å². The largest absolute Gasteiger partial charge is 0.480 e. The van der Waals surface area contributed by atoms with Gasteiger partial charge in [-0.05, 0) is 56.9 Å². The molecule has 2 aromatic rings. The number of pyridine rings is 1. The molecule has 3 N–H and O–H groups in total. The van der Waals surface area contributed by atoms with E-state index in [-0.39, 0.29) is 29.3 Å². The Morgan fingerprint density at radius 1 is 1.21 bits per heavy atom. The van der Waals surface area contributed by atoms with E-state index in [1.807, 2.05) is 6.92 Å². The quantitative estimate of drug-likeness (QED) is 0.529. The molecular formula is C23H30N4O6S. The number of nitrogens with zero attached hydrogens (tertiary/aromatic N) is 2. The van der Waals surface area contributed by atoms with Gasteiger partial charge in [-0.2, -0.15) is 0 Å². The first-order valence-corrected chi connectivity index (χ1v) is 13.1. The molecule has 1 amide bonds. The summed E-state index contributed by atoms with van der Waals surface area (Å²) in [7, 11) is -3.74. The van der Waals surface area contributed by atoms with Crippen molar-refractivity contribution in [3.63, 3.8) is 0 Å². The minimum atomic E-state index is -3.74. The van der Waals surface area contributed by atoms with E-state index in [2.05, 4.69) is 15.0 Å². The number of piperazine rings is 1. The summed E-state index contributed by atoms with van der Waals surface area (Å²) in [6, 6.07) is 7.13. The summed E-state index contributed by atoms with van der Waals surface area (Å²) < 4.78 is 34.1. The van der Waals surface area contributed by atoms with E-state index in [0.717, 1.165) is 0 Å². The number of fused-ring (bicyclic) bond motifs is 1. The van der Waals surface area contributed by atoms with Gasteiger partial charge < -0.3 is 20.1 Å². The Balaban J connectivity index is 1.38. The first-order valence-electron chi connectivity index (χ1n) is 11.6. The number of hydrogen-bond acceptors (Lipinski definition) is 7. The smallest absolute Gasteiger partial charge is 0.327 e. The Morgan fingerprint density at radius 3 is 2.68 bits per heavy atom. The van der Waals surface area contributed by atoms with Gasteiger partial charge in [-0.1, -0.05) is 0 Å². The predicted octanol–water partition coefficient (Wildman–Crippen LogP) is 1.36. The van der Waals surface area contributed by atoms with Crippen molar-refractivity contribution in [1.82, 2.24) is 19.9 Å². The average Bonchev–Trinajstić information content (AvgIpc) is 2.83. The van der Waals surface area contributed by atoms with Crippen LogP contribution in [0.2, 0.25) is 0 Å². The second kappa shape index (κ2) is 10.2. The number of carbonyl (C=O) groups is 2. The van der Waals surface area contributed by atoms with E-state index in [9.17, 15) is 23.1 Å². The standard InChI is InChI=1S/C23H30N4O6S/c1-2-33-21-10-5-16-13-18(8-9-19(16)25-21)34(31,32)26-17-6-3-15(4-7-17)22(28)27-12-11-24-14-20(27)23(29)30/h5,8-10,13,15,17,20,24,26H,2-4,6-7,11-12,14H2,1H3,(H,29,30). The third-order valence-electron chi connectivity index (χ3n) is 6.45. The molecule has 1 aliphatic heterocycles. The lowest BCUT2D eigenvalue weighted by atomic mass is 9.85. The second-order valence-corrected chi connectivity index (χ2v) is 10.4. The maximum atomic E-state index is 13.0. The molecule has 0 spiro atoms. The molecule has 0 bridgehead atoms. The number of carboxylic acids is 1. The lowest BCUT2D eigenvalue weighted by Gasteiger charge is -2.37. The molecule has 2 fully saturated rings. The summed E-state index contributed by atoms with van der Waals surface area (Å²) >= 11 is 0. The van der Waals surface area contributed by atoms with Crippen LogP contribution in [0.15, 0.2) is 35.2 Å². The average molecular weight is 491 g/mol. The van der Waals surface area contributed by atoms with E-state index >= 15 is 0 Å². The number of carboxylic acid groups (broad SMARTS) is 1. The van der Waals surface area contributed by atoms with Crippen LogP contribution in [0.4, 0.5) is 0 Å². The van der Waals surface area contributed by atoms with E-state index in [1.54, 1.807) is 24.3 Å². The molecule has 2 aliphatic rings. The zero-order valence-electron chi connectivity index (χ0n) is 19.1. The van der Waals surface area contributed by atoms with Crippen LogP contribution in [0.25, 0.3) is 10.9 Å². The summed E-state index contributed by atoms with van der Waals surface area (Å²) in [6.07, 6.45) is 2.08. The maximum absolute atomic E-state index is 13.0. The Bertz CT molecular complexity index is 1160. The molecule has 1 aromatic carbocycles. The molecule has 0 radical (unpaired) electrons. The third-order valence-corrected chi connectivity index (χ3v) is 7.97. The van der Waals surface area contributed by atoms with Crippen LogP contribution in [0.5, 0.6) is 5.88 Å². The van der Waals surface area contributed by atoms with Crippen molar-refractivity contribution in [2.24, 2.45) is 5.92 Å². The van der Waals surface area contributed by atoms with Gasteiger partial charge in [0, 0.05) is 43.0 Å². The Kier molecular flexibility index (Phi) is 7.34. The first-order chi connectivity index (χ1) is 16.3. The van der Waals surface area contributed by atoms with E-state index in [1.165, 1.54) is 11.0 Å². The molecule has 4 rings (SSSR count). The van der Waals surface area contributed by atoms with Gasteiger partial charge in [-0.3, -0.25) is 4.79 Å². The van der Waals surface area contributed by atoms with Gasteiger partial charge in [-0.25, -0.2) is 22.9 Å². The van der Waals surface area contributed by atoms with Gasteiger partial charge in [0.25, 0.3) is 0 Å². The Morgan fingerprint density at radius 2 is 1.97 bits per heavy atom. The van der Waals surface area contributed by atoms with Crippen molar-refractivity contribution in [3.8, 4) is 5.88 Å². The third kappa shape index (κ3) is 5.31. The van der Waals surface area contributed by atoms with Gasteiger partial charge in [0.15, 0.2) is 0 Å². The molecular weight excluding hydrogens is 460 g/mol. The predicted molar refractivity (Wildman–Crippen MR) is 125 cm³/mol. The lowest BCUT2D eigenvalue weighted by Crippen LogP contribution is -2.58. The van der Waals surface area contributed by atoms with Crippen LogP contribution < -0.4 is 14.8 Å². The Labute approximate surface area is 198 Å². The van der Waals surface area contributed by atoms with Crippen molar-refractivity contribution >= 4 is 32.8 Å². The highest BCUT2D eigenvalue weighted by molar-refractivity contribution is 7.89. The van der Waals surface area contributed by atoms with Crippen LogP contribution in [0, 0.1) is 5.92 Å². The number of ether oxygens (including phenoxy) is 1. The van der Waals surface area contributed by atoms with Crippen molar-refractivity contribution in [3.05, 3.63) is 30.3 Å². The van der Waals surface area contributed by atoms with Crippen LogP contribution in [0.3, 0.4) is 0 Å². The molecule has 184 valence electrons. The summed E-state index contributed by atoms with van der Waals surface area (Å²) in [5.41, 5.74) is 0.650. The fraction of sp³-hybridized carbons (Fsp3) is 0.522. The highest BCUT2D eigenvalue weighted by Crippen LogP contribution is 2.28. The fourth-order valence-corrected chi connectivity index (χ4v) is 5.99. The van der Waals surface area contributed by atoms with E-state index < -0.39 is 22.0 Å². The molecule has 1 saturated heterocycles. The molecule has 1 aromatic heterocycles. The van der Waals surface area contributed by atoms with Gasteiger partial charge >= 0.3 is 5.97 Å². The molecule has 1 atom stereocenters. The number of rotatable bonds is 7. The minimum absolute atomic E-state index is 0.149. The number of nitrogens with one attached hydrogen (secondary N) is 2. The van der Waals surface area contributed by atoms with Crippen molar-refractivity contribution in [1.29, 1.82) is 0 Å². The number of aromatic nitrogens is 1. The molecule has 1 unspecified atom stereocenters. The fourth-order valence-electron chi connectivity index (χ4n) is 4.65. The van der Waals surface area contributed by atoms with Crippen LogP contribution >= 0.6 is 0 Å². The minimum Gasteiger partial charge on any atom is -0.480 e. The summed E-state index contributed by atoms with van der Waals surface area (Å²) in [4.78, 5) is 30.4. The zero-order valence-corrected chi connectivity index (χ0v) is 19.9. The van der Waals surface area contributed by atoms with E-state index in [4.69, 9.17) is 4.74 Å². The molecule has 1 saturated carbocycles. The van der Waals surface area contributed by atoms with Crippen LogP contribution in [-0.4, -0.2) is 73.6 Å². The van der Waals surface area contributed by atoms with Gasteiger partial charge in [0.1, 0.15) is 6.04 Å². The highest BCUT2D eigenvalue weighted by Gasteiger charge is 2.37. The number of amides is 1. The van der Waals surface area contributed by atoms with Gasteiger partial charge in [-0.15, -0.1) is 0 Å².